The molecule has 0 aromatic heterocycles. The van der Waals surface area contributed by atoms with Gasteiger partial charge in [-0.1, -0.05) is 132 Å². The van der Waals surface area contributed by atoms with Crippen molar-refractivity contribution in [1.82, 2.24) is 9.96 Å². The highest BCUT2D eigenvalue weighted by molar-refractivity contribution is 8.16. The van der Waals surface area contributed by atoms with Gasteiger partial charge in [-0.2, -0.15) is 0 Å². The summed E-state index contributed by atoms with van der Waals surface area (Å²) in [6.07, 6.45) is 12.9. The molecular formula is C49H98N6O8S. The second-order valence-corrected chi connectivity index (χ2v) is 16.2. The summed E-state index contributed by atoms with van der Waals surface area (Å²) in [5.41, 5.74) is 17.0. The Morgan fingerprint density at radius 1 is 0.922 bits per heavy atom. The van der Waals surface area contributed by atoms with Crippen molar-refractivity contribution in [2.24, 2.45) is 28.7 Å². The molecule has 3 unspecified atom stereocenters. The maximum absolute atomic E-state index is 13.2. The monoisotopic (exact) mass is 931 g/mol. The largest absolute Gasteiger partial charge is 0.483 e. The molecule has 3 atom stereocenters. The van der Waals surface area contributed by atoms with Crippen molar-refractivity contribution < 1.29 is 38.7 Å². The van der Waals surface area contributed by atoms with E-state index in [1.807, 2.05) is 72.7 Å². The molecule has 14 nitrogen and oxygen atoms in total. The number of unbranched alkanes of at least 4 members (excludes halogenated alkanes) is 3. The topological polar surface area (TPSA) is 232 Å². The fraction of sp³-hybridized carbons (Fsp3) is 0.714. The third kappa shape index (κ3) is 47.8. The van der Waals surface area contributed by atoms with Crippen LogP contribution in [0.4, 0.5) is 5.69 Å². The molecule has 1 amide bonds. The molecular weight excluding hydrogens is 833 g/mol. The average Bonchev–Trinajstić information content (AvgIpc) is 3.29. The van der Waals surface area contributed by atoms with E-state index >= 15 is 0 Å². The number of hydrogen-bond donors (Lipinski definition) is 5. The van der Waals surface area contributed by atoms with E-state index in [2.05, 4.69) is 76.2 Å². The molecule has 0 radical (unpaired) electrons. The molecule has 1 aliphatic heterocycles. The van der Waals surface area contributed by atoms with Gasteiger partial charge in [-0.3, -0.25) is 24.6 Å². The van der Waals surface area contributed by atoms with E-state index in [1.54, 1.807) is 0 Å². The summed E-state index contributed by atoms with van der Waals surface area (Å²) in [5.74, 6) is -0.184. The van der Waals surface area contributed by atoms with Gasteiger partial charge in [-0.05, 0) is 113 Å². The zero-order chi connectivity index (χ0) is 51.5. The SMILES string of the molecule is C=O.C=O.CC.CC.CCCCCON(C(=O)CCCC)C(CC(OC(C)=O)C(=N)S/C=C/C(Cc1ccc(N)cc1)CC(C)(C)C)C(C)C.CN.CN.CN1CCCCC1.O=CO. The molecule has 2 rings (SSSR count). The van der Waals surface area contributed by atoms with Crippen LogP contribution in [0, 0.1) is 22.7 Å². The number of ether oxygens (including phenoxy) is 1. The first kappa shape index (κ1) is 74.7. The Morgan fingerprint density at radius 3 is 1.80 bits per heavy atom. The molecule has 378 valence electrons. The summed E-state index contributed by atoms with van der Waals surface area (Å²) in [4.78, 5) is 58.2. The van der Waals surface area contributed by atoms with Gasteiger partial charge in [0.15, 0.2) is 6.10 Å². The van der Waals surface area contributed by atoms with E-state index in [0.717, 1.165) is 50.6 Å². The summed E-state index contributed by atoms with van der Waals surface area (Å²) in [6.45, 7) is 31.2. The molecule has 1 heterocycles. The summed E-state index contributed by atoms with van der Waals surface area (Å²) >= 11 is 1.27. The molecule has 1 aromatic carbocycles. The summed E-state index contributed by atoms with van der Waals surface area (Å²) < 4.78 is 5.67. The zero-order valence-electron chi connectivity index (χ0n) is 43.2. The number of nitrogens with two attached hydrogens (primary N) is 3. The second-order valence-electron chi connectivity index (χ2n) is 15.3. The van der Waals surface area contributed by atoms with Crippen molar-refractivity contribution in [1.29, 1.82) is 5.41 Å². The molecule has 0 aliphatic carbocycles. The van der Waals surface area contributed by atoms with Crippen molar-refractivity contribution >= 4 is 54.4 Å². The van der Waals surface area contributed by atoms with Crippen LogP contribution in [0.1, 0.15) is 159 Å². The average molecular weight is 931 g/mol. The lowest BCUT2D eigenvalue weighted by Gasteiger charge is -2.35. The number of allylic oxidation sites excluding steroid dienone is 1. The van der Waals surface area contributed by atoms with Gasteiger partial charge in [0.05, 0.1) is 12.6 Å². The number of hydrogen-bond acceptors (Lipinski definition) is 13. The molecule has 0 bridgehead atoms. The van der Waals surface area contributed by atoms with Crippen LogP contribution in [0.15, 0.2) is 35.7 Å². The number of nitrogens with zero attached hydrogens (tertiary/aromatic N) is 2. The van der Waals surface area contributed by atoms with Crippen LogP contribution in [0.25, 0.3) is 0 Å². The van der Waals surface area contributed by atoms with E-state index in [0.29, 0.717) is 19.4 Å². The number of piperidine rings is 1. The van der Waals surface area contributed by atoms with Gasteiger partial charge >= 0.3 is 5.97 Å². The smallest absolute Gasteiger partial charge is 0.303 e. The minimum Gasteiger partial charge on any atom is -0.483 e. The van der Waals surface area contributed by atoms with E-state index in [1.165, 1.54) is 75.8 Å². The van der Waals surface area contributed by atoms with Crippen LogP contribution in [-0.2, 0) is 40.0 Å². The predicted octanol–water partition coefficient (Wildman–Crippen LogP) is 10.2. The third-order valence-electron chi connectivity index (χ3n) is 8.57. The van der Waals surface area contributed by atoms with Gasteiger partial charge < -0.3 is 41.5 Å². The van der Waals surface area contributed by atoms with E-state index in [9.17, 15) is 9.59 Å². The fourth-order valence-corrected chi connectivity index (χ4v) is 6.62. The lowest BCUT2D eigenvalue weighted by atomic mass is 9.82. The number of carboxylic acid groups (broad SMARTS) is 1. The Bertz CT molecular complexity index is 1190. The van der Waals surface area contributed by atoms with Gasteiger partial charge in [0.1, 0.15) is 18.6 Å². The van der Waals surface area contributed by atoms with Crippen molar-refractivity contribution in [3.63, 3.8) is 0 Å². The first-order valence-corrected chi connectivity index (χ1v) is 23.8. The van der Waals surface area contributed by atoms with Crippen LogP contribution in [0.3, 0.4) is 0 Å². The highest BCUT2D eigenvalue weighted by Gasteiger charge is 2.33. The molecule has 0 spiro atoms. The van der Waals surface area contributed by atoms with E-state index in [-0.39, 0.29) is 40.7 Å². The molecule has 1 aliphatic rings. The minimum atomic E-state index is -0.775. The molecule has 1 saturated heterocycles. The standard InChI is InChI=1S/C34H57N3O4S.C6H13N.2C2H6.2CH5N.CH2O2.2CH2O/c1-9-11-13-20-40-37(32(39)14-12-10-2)30(25(3)4)23-31(41-26(5)38)33(36)42-21-19-28(24-34(6,7)8)22-27-15-17-29(35)18-16-27;1-7-5-3-2-4-6-7;4*1-2;2-1-3;2*1-2/h15-19,21,25,28,30-31,36H,9-14,20,22-24,35H2,1-8H3;2-6H2,1H3;2*1-2H3;2*2H2,1H3;1H,(H,2,3);2*1H2/b21-19+,36-33?;;;;;;;;. The highest BCUT2D eigenvalue weighted by atomic mass is 32.2. The number of carbonyl (C=O) groups excluding carboxylic acids is 4. The molecule has 1 aromatic rings. The number of rotatable bonds is 19. The number of hydroxylamine groups is 2. The van der Waals surface area contributed by atoms with E-state index in [4.69, 9.17) is 40.2 Å². The number of esters is 1. The molecule has 1 fully saturated rings. The summed E-state index contributed by atoms with van der Waals surface area (Å²) in [5, 5.41) is 19.5. The quantitative estimate of drug-likeness (QED) is 0.0165. The van der Waals surface area contributed by atoms with Gasteiger partial charge in [0.2, 0.25) is 5.91 Å². The molecule has 8 N–H and O–H groups in total. The Morgan fingerprint density at radius 2 is 1.41 bits per heavy atom. The highest BCUT2D eigenvalue weighted by Crippen LogP contribution is 2.30. The van der Waals surface area contributed by atoms with Crippen LogP contribution in [0.5, 0.6) is 0 Å². The van der Waals surface area contributed by atoms with Gasteiger partial charge in [-0.25, -0.2) is 5.06 Å². The number of nitrogen functional groups attached to an aromatic ring is 1. The maximum atomic E-state index is 13.2. The normalized spacial score (nSPS) is 12.7. The fourth-order valence-electron chi connectivity index (χ4n) is 5.88. The second kappa shape index (κ2) is 55.5. The van der Waals surface area contributed by atoms with Gasteiger partial charge in [0.25, 0.3) is 6.47 Å². The number of likely N-dealkylation sites (tertiary alicyclic amines) is 1. The van der Waals surface area contributed by atoms with Crippen molar-refractivity contribution in [2.75, 3.05) is 46.6 Å². The van der Waals surface area contributed by atoms with Crippen molar-refractivity contribution in [3.05, 3.63) is 41.3 Å². The van der Waals surface area contributed by atoms with Crippen molar-refractivity contribution in [3.8, 4) is 0 Å². The van der Waals surface area contributed by atoms with Crippen LogP contribution >= 0.6 is 11.8 Å². The first-order chi connectivity index (χ1) is 30.6. The zero-order valence-corrected chi connectivity index (χ0v) is 44.0. The Hall–Kier alpha value is -3.63. The van der Waals surface area contributed by atoms with Crippen LogP contribution in [-0.4, -0.2) is 105 Å². The van der Waals surface area contributed by atoms with Crippen LogP contribution < -0.4 is 17.2 Å². The van der Waals surface area contributed by atoms with Crippen LogP contribution in [0.2, 0.25) is 0 Å². The lowest BCUT2D eigenvalue weighted by molar-refractivity contribution is -0.209. The summed E-state index contributed by atoms with van der Waals surface area (Å²) in [6, 6.07) is 7.65. The number of thioether (sulfide) groups is 1. The molecule has 15 heteroatoms. The van der Waals surface area contributed by atoms with E-state index < -0.39 is 12.1 Å². The first-order valence-electron chi connectivity index (χ1n) is 23.0. The van der Waals surface area contributed by atoms with Crippen molar-refractivity contribution in [2.45, 2.75) is 172 Å². The number of amides is 1. The third-order valence-corrected chi connectivity index (χ3v) is 9.38. The van der Waals surface area contributed by atoms with Gasteiger partial charge in [-0.15, -0.1) is 0 Å². The molecule has 0 saturated carbocycles. The number of benzene rings is 1. The summed E-state index contributed by atoms with van der Waals surface area (Å²) in [7, 11) is 5.19. The Kier molecular flexibility index (Phi) is 64.8. The number of anilines is 1. The molecule has 64 heavy (non-hydrogen) atoms. The lowest BCUT2D eigenvalue weighted by Crippen LogP contribution is -2.46. The minimum absolute atomic E-state index is 0.0456. The predicted molar refractivity (Wildman–Crippen MR) is 274 cm³/mol. The Labute approximate surface area is 396 Å². The Balaban J connectivity index is -0.000000246. The maximum Gasteiger partial charge on any atom is 0.303 e. The number of carbonyl (C=O) groups is 5. The van der Waals surface area contributed by atoms with Gasteiger partial charge in [0, 0.05) is 25.5 Å². The number of nitrogens with one attached hydrogen (secondary N) is 1.